The van der Waals surface area contributed by atoms with Crippen molar-refractivity contribution in [3.63, 3.8) is 0 Å². The van der Waals surface area contributed by atoms with E-state index in [-0.39, 0.29) is 11.4 Å². The van der Waals surface area contributed by atoms with Gasteiger partial charge in [-0.1, -0.05) is 30.9 Å². The van der Waals surface area contributed by atoms with Crippen LogP contribution in [0.15, 0.2) is 6.07 Å². The molecule has 0 spiro atoms. The van der Waals surface area contributed by atoms with Gasteiger partial charge >= 0.3 is 0 Å². The fraction of sp³-hybridized carbons (Fsp3) is 0.632. The Kier molecular flexibility index (Phi) is 5.82. The Morgan fingerprint density at radius 3 is 2.54 bits per heavy atom. The highest BCUT2D eigenvalue weighted by atomic mass is 35.5. The first kappa shape index (κ1) is 19.1. The molecule has 6 nitrogen and oxygen atoms in total. The van der Waals surface area contributed by atoms with Gasteiger partial charge in [-0.2, -0.15) is 0 Å². The van der Waals surface area contributed by atoms with Gasteiger partial charge in [-0.3, -0.25) is 4.79 Å². The number of nitrogens with one attached hydrogen (secondary N) is 1. The summed E-state index contributed by atoms with van der Waals surface area (Å²) in [6.45, 7) is 1.39. The van der Waals surface area contributed by atoms with Crippen LogP contribution >= 0.6 is 11.6 Å². The van der Waals surface area contributed by atoms with E-state index in [9.17, 15) is 4.79 Å². The minimum absolute atomic E-state index is 0.170. The summed E-state index contributed by atoms with van der Waals surface area (Å²) in [6, 6.07) is 1.56. The second-order valence-electron chi connectivity index (χ2n) is 7.36. The zero-order chi connectivity index (χ0) is 18.7. The molecule has 0 atom stereocenters. The first-order chi connectivity index (χ1) is 12.4. The standard InChI is InChI=1S/C19H28ClN3O3/c1-23(2)19(6-4-3-5-7-19)8-9-22-18(24)13-12-14(20)15(21)17-16(13)25-10-11-26-17/h12H,3-11,21H2,1-2H3,(H,22,24). The molecule has 1 heterocycles. The monoisotopic (exact) mass is 381 g/mol. The number of nitrogens with two attached hydrogens (primary N) is 1. The number of hydrogen-bond donors (Lipinski definition) is 2. The van der Waals surface area contributed by atoms with Crippen molar-refractivity contribution in [2.45, 2.75) is 44.1 Å². The quantitative estimate of drug-likeness (QED) is 0.766. The van der Waals surface area contributed by atoms with Crippen LogP contribution in [0.4, 0.5) is 5.69 Å². The Labute approximate surface area is 160 Å². The van der Waals surface area contributed by atoms with Gasteiger partial charge in [0.15, 0.2) is 11.5 Å². The van der Waals surface area contributed by atoms with E-state index in [2.05, 4.69) is 24.3 Å². The van der Waals surface area contributed by atoms with Gasteiger partial charge in [0.05, 0.1) is 16.3 Å². The minimum atomic E-state index is -0.210. The molecule has 1 aliphatic heterocycles. The number of anilines is 1. The van der Waals surface area contributed by atoms with Gasteiger partial charge in [0, 0.05) is 12.1 Å². The Balaban J connectivity index is 1.70. The molecule has 0 radical (unpaired) electrons. The summed E-state index contributed by atoms with van der Waals surface area (Å²) < 4.78 is 11.2. The van der Waals surface area contributed by atoms with Crippen molar-refractivity contribution >= 4 is 23.2 Å². The molecule has 0 aromatic heterocycles. The SMILES string of the molecule is CN(C)C1(CCNC(=O)c2cc(Cl)c(N)c3c2OCCO3)CCCCC1. The van der Waals surface area contributed by atoms with Gasteiger partial charge in [-0.05, 0) is 39.4 Å². The van der Waals surface area contributed by atoms with E-state index in [0.29, 0.717) is 47.5 Å². The van der Waals surface area contributed by atoms with Crippen LogP contribution in [0.3, 0.4) is 0 Å². The predicted octanol–water partition coefficient (Wildman–Crippen LogP) is 3.08. The van der Waals surface area contributed by atoms with Gasteiger partial charge < -0.3 is 25.4 Å². The summed E-state index contributed by atoms with van der Waals surface area (Å²) >= 11 is 6.17. The summed E-state index contributed by atoms with van der Waals surface area (Å²) in [5.74, 6) is 0.542. The van der Waals surface area contributed by atoms with E-state index in [4.69, 9.17) is 26.8 Å². The lowest BCUT2D eigenvalue weighted by molar-refractivity contribution is 0.0831. The van der Waals surface area contributed by atoms with E-state index in [1.165, 1.54) is 32.1 Å². The Morgan fingerprint density at radius 2 is 1.88 bits per heavy atom. The molecule has 0 bridgehead atoms. The molecule has 1 aromatic rings. The zero-order valence-electron chi connectivity index (χ0n) is 15.6. The molecule has 3 N–H and O–H groups in total. The molecule has 1 saturated carbocycles. The maximum atomic E-state index is 12.7. The van der Waals surface area contributed by atoms with Crippen LogP contribution in [0.2, 0.25) is 5.02 Å². The summed E-state index contributed by atoms with van der Waals surface area (Å²) in [5.41, 5.74) is 6.80. The lowest BCUT2D eigenvalue weighted by Gasteiger charge is -2.43. The van der Waals surface area contributed by atoms with Gasteiger partial charge in [0.25, 0.3) is 5.91 Å². The molecule has 26 heavy (non-hydrogen) atoms. The Hall–Kier alpha value is -1.66. The van der Waals surface area contributed by atoms with Gasteiger partial charge in [-0.25, -0.2) is 0 Å². The van der Waals surface area contributed by atoms with Gasteiger partial charge in [0.2, 0.25) is 0 Å². The molecule has 1 amide bonds. The predicted molar refractivity (Wildman–Crippen MR) is 103 cm³/mol. The highest BCUT2D eigenvalue weighted by molar-refractivity contribution is 6.34. The van der Waals surface area contributed by atoms with Crippen LogP contribution in [0.25, 0.3) is 0 Å². The number of carbonyl (C=O) groups excluding carboxylic acids is 1. The summed E-state index contributed by atoms with van der Waals surface area (Å²) in [4.78, 5) is 15.1. The van der Waals surface area contributed by atoms with Crippen molar-refractivity contribution in [3.8, 4) is 11.5 Å². The Bertz CT molecular complexity index is 672. The first-order valence-corrected chi connectivity index (χ1v) is 9.65. The van der Waals surface area contributed by atoms with Gasteiger partial charge in [-0.15, -0.1) is 0 Å². The lowest BCUT2D eigenvalue weighted by Crippen LogP contribution is -2.48. The van der Waals surface area contributed by atoms with Gasteiger partial charge in [0.1, 0.15) is 13.2 Å². The van der Waals surface area contributed by atoms with E-state index in [1.54, 1.807) is 6.07 Å². The van der Waals surface area contributed by atoms with E-state index < -0.39 is 0 Å². The molecule has 1 aliphatic carbocycles. The number of nitrogens with zero attached hydrogens (tertiary/aromatic N) is 1. The molecule has 144 valence electrons. The number of fused-ring (bicyclic) bond motifs is 1. The minimum Gasteiger partial charge on any atom is -0.485 e. The third-order valence-electron chi connectivity index (χ3n) is 5.65. The molecular weight excluding hydrogens is 354 g/mol. The van der Waals surface area contributed by atoms with Crippen LogP contribution < -0.4 is 20.5 Å². The molecule has 1 aromatic carbocycles. The molecule has 0 unspecified atom stereocenters. The van der Waals surface area contributed by atoms with Crippen LogP contribution in [-0.4, -0.2) is 50.2 Å². The zero-order valence-corrected chi connectivity index (χ0v) is 16.3. The second kappa shape index (κ2) is 7.92. The number of nitrogen functional groups attached to an aromatic ring is 1. The molecule has 7 heteroatoms. The lowest BCUT2D eigenvalue weighted by atomic mass is 9.78. The van der Waals surface area contributed by atoms with Crippen LogP contribution in [-0.2, 0) is 0 Å². The summed E-state index contributed by atoms with van der Waals surface area (Å²) in [5, 5.41) is 3.32. The van der Waals surface area contributed by atoms with Crippen LogP contribution in [0.5, 0.6) is 11.5 Å². The molecule has 0 saturated heterocycles. The summed E-state index contributed by atoms with van der Waals surface area (Å²) in [6.07, 6.45) is 7.08. The van der Waals surface area contributed by atoms with Crippen molar-refractivity contribution in [1.29, 1.82) is 0 Å². The topological polar surface area (TPSA) is 76.8 Å². The normalized spacial score (nSPS) is 18.6. The maximum Gasteiger partial charge on any atom is 0.255 e. The van der Waals surface area contributed by atoms with Crippen LogP contribution in [0.1, 0.15) is 48.9 Å². The third-order valence-corrected chi connectivity index (χ3v) is 5.97. The highest BCUT2D eigenvalue weighted by Crippen LogP contribution is 2.43. The van der Waals surface area contributed by atoms with Crippen molar-refractivity contribution in [2.75, 3.05) is 39.6 Å². The molecular formula is C19H28ClN3O3. The number of amides is 1. The third kappa shape index (κ3) is 3.71. The molecule has 1 fully saturated rings. The van der Waals surface area contributed by atoms with Crippen molar-refractivity contribution in [1.82, 2.24) is 10.2 Å². The maximum absolute atomic E-state index is 12.7. The largest absolute Gasteiger partial charge is 0.485 e. The van der Waals surface area contributed by atoms with E-state index >= 15 is 0 Å². The highest BCUT2D eigenvalue weighted by Gasteiger charge is 2.34. The van der Waals surface area contributed by atoms with E-state index in [0.717, 1.165) is 6.42 Å². The molecule has 3 rings (SSSR count). The number of carbonyl (C=O) groups is 1. The number of hydrogen-bond acceptors (Lipinski definition) is 5. The van der Waals surface area contributed by atoms with E-state index in [1.807, 2.05) is 0 Å². The van der Waals surface area contributed by atoms with Crippen LogP contribution in [0, 0.1) is 0 Å². The number of rotatable bonds is 5. The Morgan fingerprint density at radius 1 is 1.23 bits per heavy atom. The number of ether oxygens (including phenoxy) is 2. The average molecular weight is 382 g/mol. The van der Waals surface area contributed by atoms with Crippen molar-refractivity contribution < 1.29 is 14.3 Å². The first-order valence-electron chi connectivity index (χ1n) is 9.28. The fourth-order valence-electron chi connectivity index (χ4n) is 4.00. The summed E-state index contributed by atoms with van der Waals surface area (Å²) in [7, 11) is 4.27. The fourth-order valence-corrected chi connectivity index (χ4v) is 4.20. The molecule has 2 aliphatic rings. The number of halogens is 1. The van der Waals surface area contributed by atoms with Crippen molar-refractivity contribution in [2.24, 2.45) is 0 Å². The van der Waals surface area contributed by atoms with Crippen molar-refractivity contribution in [3.05, 3.63) is 16.7 Å². The average Bonchev–Trinajstić information content (AvgIpc) is 2.65. The smallest absolute Gasteiger partial charge is 0.255 e. The number of benzene rings is 1. The second-order valence-corrected chi connectivity index (χ2v) is 7.77.